The maximum Gasteiger partial charge on any atom is 0.182 e. The van der Waals surface area contributed by atoms with E-state index in [9.17, 15) is 0 Å². The van der Waals surface area contributed by atoms with Crippen LogP contribution in [-0.4, -0.2) is 8.07 Å². The van der Waals surface area contributed by atoms with Crippen LogP contribution in [0.4, 0.5) is 17.1 Å². The molecule has 2 aliphatic carbocycles. The highest BCUT2D eigenvalue weighted by atomic mass is 28.3. The van der Waals surface area contributed by atoms with Crippen LogP contribution in [0.1, 0.15) is 58.4 Å². The number of benzene rings is 9. The number of aryl methyl sites for hydroxylation is 2. The van der Waals surface area contributed by atoms with Crippen molar-refractivity contribution in [2.24, 2.45) is 0 Å². The van der Waals surface area contributed by atoms with E-state index in [1.807, 2.05) is 0 Å². The van der Waals surface area contributed by atoms with E-state index >= 15 is 0 Å². The first kappa shape index (κ1) is 34.7. The van der Waals surface area contributed by atoms with E-state index in [1.54, 1.807) is 0 Å². The summed E-state index contributed by atoms with van der Waals surface area (Å²) in [7, 11) is -2.70. The lowest BCUT2D eigenvalue weighted by Gasteiger charge is -2.46. The van der Waals surface area contributed by atoms with Gasteiger partial charge in [-0.2, -0.15) is 0 Å². The van der Waals surface area contributed by atoms with Crippen molar-refractivity contribution in [2.45, 2.75) is 38.5 Å². The molecule has 2 spiro atoms. The third-order valence-electron chi connectivity index (χ3n) is 15.6. The molecule has 3 aliphatic heterocycles. The van der Waals surface area contributed by atoms with Gasteiger partial charge in [0.15, 0.2) is 8.07 Å². The van der Waals surface area contributed by atoms with Gasteiger partial charge in [0, 0.05) is 16.7 Å². The molecule has 0 radical (unpaired) electrons. The molecule has 0 amide bonds. The molecule has 0 saturated carbocycles. The van der Waals surface area contributed by atoms with Crippen LogP contribution < -0.4 is 25.6 Å². The molecule has 2 heteroatoms. The van der Waals surface area contributed by atoms with Crippen LogP contribution in [-0.2, 0) is 10.8 Å². The molecule has 9 aromatic rings. The van der Waals surface area contributed by atoms with E-state index in [1.165, 1.54) is 127 Å². The Balaban J connectivity index is 1.14. The van der Waals surface area contributed by atoms with E-state index in [2.05, 4.69) is 221 Å². The summed E-state index contributed by atoms with van der Waals surface area (Å²) < 4.78 is 0. The van der Waals surface area contributed by atoms with E-state index in [0.717, 1.165) is 0 Å². The van der Waals surface area contributed by atoms with Crippen LogP contribution >= 0.6 is 0 Å². The van der Waals surface area contributed by atoms with E-state index in [-0.39, 0.29) is 5.41 Å². The molecule has 0 atom stereocenters. The van der Waals surface area contributed by atoms with Gasteiger partial charge in [-0.15, -0.1) is 0 Å². The Bertz CT molecular complexity index is 3380. The molecule has 14 rings (SSSR count). The zero-order chi connectivity index (χ0) is 41.3. The molecule has 292 valence electrons. The number of anilines is 3. The van der Waals surface area contributed by atoms with Gasteiger partial charge in [0.1, 0.15) is 0 Å². The van der Waals surface area contributed by atoms with Crippen molar-refractivity contribution in [3.63, 3.8) is 0 Å². The first-order chi connectivity index (χ1) is 30.3. The second-order valence-electron chi connectivity index (χ2n) is 18.9. The monoisotopic (exact) mass is 805 g/mol. The predicted molar refractivity (Wildman–Crippen MR) is 261 cm³/mol. The summed E-state index contributed by atoms with van der Waals surface area (Å²) in [6.45, 7) is 9.36. The normalized spacial score (nSPS) is 16.1. The van der Waals surface area contributed by atoms with Gasteiger partial charge >= 0.3 is 0 Å². The molecule has 0 saturated heterocycles. The van der Waals surface area contributed by atoms with Crippen molar-refractivity contribution in [3.05, 3.63) is 233 Å². The number of hydrogen-bond acceptors (Lipinski definition) is 1. The van der Waals surface area contributed by atoms with Crippen LogP contribution in [0.3, 0.4) is 0 Å². The fourth-order valence-corrected chi connectivity index (χ4v) is 18.8. The fourth-order valence-electron chi connectivity index (χ4n) is 13.2. The lowest BCUT2D eigenvalue weighted by atomic mass is 9.63. The number of hydrogen-bond donors (Lipinski definition) is 0. The SMILES string of the molecule is Cc1ccc2c(c1)C1(c3cc(C)ccc3-2)c2ccccc2N(c2ccc3c(c2)[Si]2(c4ccccc4-c4ccccc42)c2ccccc2-3)c2c1ccc1c2-c2ccccc2C1(C)C. The summed E-state index contributed by atoms with van der Waals surface area (Å²) in [5.41, 5.74) is 24.8. The summed E-state index contributed by atoms with van der Waals surface area (Å²) in [6, 6.07) is 73.4. The van der Waals surface area contributed by atoms with Gasteiger partial charge < -0.3 is 4.90 Å². The lowest BCUT2D eigenvalue weighted by molar-refractivity contribution is 0.658. The van der Waals surface area contributed by atoms with Gasteiger partial charge in [-0.3, -0.25) is 0 Å². The van der Waals surface area contributed by atoms with Crippen LogP contribution in [0.25, 0.3) is 44.5 Å². The quantitative estimate of drug-likeness (QED) is 0.149. The summed E-state index contributed by atoms with van der Waals surface area (Å²) in [4.78, 5) is 2.69. The molecule has 3 heterocycles. The fraction of sp³-hybridized carbons (Fsp3) is 0.100. The molecule has 9 aromatic carbocycles. The summed E-state index contributed by atoms with van der Waals surface area (Å²) in [5, 5.41) is 6.00. The summed E-state index contributed by atoms with van der Waals surface area (Å²) >= 11 is 0. The van der Waals surface area contributed by atoms with Gasteiger partial charge in [0.2, 0.25) is 0 Å². The van der Waals surface area contributed by atoms with Crippen molar-refractivity contribution in [1.82, 2.24) is 0 Å². The third-order valence-corrected chi connectivity index (χ3v) is 20.5. The third kappa shape index (κ3) is 3.89. The molecule has 0 aromatic heterocycles. The molecule has 62 heavy (non-hydrogen) atoms. The highest BCUT2D eigenvalue weighted by molar-refractivity contribution is 7.24. The molecule has 0 fully saturated rings. The van der Waals surface area contributed by atoms with Gasteiger partial charge in [0.05, 0.1) is 16.8 Å². The molecule has 0 N–H and O–H groups in total. The molecular formula is C60H43NSi. The average molecular weight is 806 g/mol. The first-order valence-corrected chi connectivity index (χ1v) is 24.2. The van der Waals surface area contributed by atoms with Crippen molar-refractivity contribution in [2.75, 3.05) is 4.90 Å². The van der Waals surface area contributed by atoms with E-state index < -0.39 is 13.5 Å². The second kappa shape index (κ2) is 11.7. The Morgan fingerprint density at radius 1 is 0.371 bits per heavy atom. The Hall–Kier alpha value is -7.00. The standard InChI is InChI=1S/C60H43NSi/c1-36-25-28-39-40-29-26-37(2)34-51(40)60(50(39)33-36)47-20-10-11-21-52(47)61(58-49(60)32-31-48-57(58)45-18-5-9-19-46(45)59(48,3)4)38-27-30-44-43-17-8-14-24-55(43)62(56(44)35-38)53-22-12-6-15-41(53)42-16-7-13-23-54(42)62/h5-35H,1-4H3. The second-order valence-corrected chi connectivity index (χ2v) is 22.5. The van der Waals surface area contributed by atoms with Gasteiger partial charge in [-0.25, -0.2) is 0 Å². The van der Waals surface area contributed by atoms with Crippen LogP contribution in [0.5, 0.6) is 0 Å². The first-order valence-electron chi connectivity index (χ1n) is 22.2. The summed E-state index contributed by atoms with van der Waals surface area (Å²) in [6.07, 6.45) is 0. The number of fused-ring (bicyclic) bond motifs is 23. The number of nitrogens with zero attached hydrogens (tertiary/aromatic N) is 1. The van der Waals surface area contributed by atoms with E-state index in [4.69, 9.17) is 0 Å². The molecule has 1 nitrogen and oxygen atoms in total. The topological polar surface area (TPSA) is 3.24 Å². The Morgan fingerprint density at radius 3 is 1.47 bits per heavy atom. The van der Waals surface area contributed by atoms with Gasteiger partial charge in [-0.1, -0.05) is 195 Å². The average Bonchev–Trinajstić information content (AvgIpc) is 3.95. The highest BCUT2D eigenvalue weighted by Gasteiger charge is 2.56. The lowest BCUT2D eigenvalue weighted by Crippen LogP contribution is -2.70. The summed E-state index contributed by atoms with van der Waals surface area (Å²) in [5.74, 6) is 0. The molecule has 5 aliphatic rings. The smallest absolute Gasteiger partial charge is 0.182 e. The van der Waals surface area contributed by atoms with Crippen molar-refractivity contribution in [3.8, 4) is 44.5 Å². The Kier molecular flexibility index (Phi) is 6.53. The van der Waals surface area contributed by atoms with Gasteiger partial charge in [0.25, 0.3) is 0 Å². The minimum Gasteiger partial charge on any atom is -0.309 e. The van der Waals surface area contributed by atoms with Crippen molar-refractivity contribution in [1.29, 1.82) is 0 Å². The minimum absolute atomic E-state index is 0.163. The zero-order valence-electron chi connectivity index (χ0n) is 35.3. The minimum atomic E-state index is -2.70. The van der Waals surface area contributed by atoms with Crippen LogP contribution in [0.15, 0.2) is 188 Å². The highest BCUT2D eigenvalue weighted by Crippen LogP contribution is 2.67. The van der Waals surface area contributed by atoms with Gasteiger partial charge in [-0.05, 0) is 125 Å². The largest absolute Gasteiger partial charge is 0.309 e. The zero-order valence-corrected chi connectivity index (χ0v) is 36.3. The predicted octanol–water partition coefficient (Wildman–Crippen LogP) is 12.1. The maximum absolute atomic E-state index is 2.70. The number of rotatable bonds is 1. The molecule has 0 unspecified atom stereocenters. The molecule has 0 bridgehead atoms. The number of para-hydroxylation sites is 1. The maximum atomic E-state index is 2.69. The van der Waals surface area contributed by atoms with Crippen LogP contribution in [0.2, 0.25) is 0 Å². The van der Waals surface area contributed by atoms with E-state index in [0.29, 0.717) is 0 Å². The Morgan fingerprint density at radius 2 is 0.855 bits per heavy atom. The van der Waals surface area contributed by atoms with Crippen LogP contribution in [0, 0.1) is 13.8 Å². The van der Waals surface area contributed by atoms with Crippen molar-refractivity contribution < 1.29 is 0 Å². The van der Waals surface area contributed by atoms with Crippen molar-refractivity contribution >= 4 is 45.9 Å². The Labute approximate surface area is 364 Å². The molecular weight excluding hydrogens is 763 g/mol.